The van der Waals surface area contributed by atoms with Crippen LogP contribution >= 0.6 is 0 Å². The number of ether oxygens (including phenoxy) is 2. The highest BCUT2D eigenvalue weighted by Crippen LogP contribution is 2.21. The molecule has 0 bridgehead atoms. The van der Waals surface area contributed by atoms with Gasteiger partial charge in [-0.05, 0) is 50.3 Å². The van der Waals surface area contributed by atoms with Crippen molar-refractivity contribution in [3.63, 3.8) is 0 Å². The molecule has 0 aliphatic heterocycles. The summed E-state index contributed by atoms with van der Waals surface area (Å²) in [4.78, 5) is 23.5. The molecule has 0 heterocycles. The van der Waals surface area contributed by atoms with Gasteiger partial charge in [0, 0.05) is 6.08 Å². The number of carbonyl (C=O) groups is 2. The molecule has 1 rings (SSSR count). The zero-order valence-electron chi connectivity index (χ0n) is 17.3. The van der Waals surface area contributed by atoms with Crippen molar-refractivity contribution in [2.75, 3.05) is 13.2 Å². The smallest absolute Gasteiger partial charge is 0.330 e. The Kier molecular flexibility index (Phi) is 10.5. The van der Waals surface area contributed by atoms with Gasteiger partial charge in [0.2, 0.25) is 0 Å². The number of esters is 2. The van der Waals surface area contributed by atoms with E-state index in [1.54, 1.807) is 6.08 Å². The molecule has 0 N–H and O–H groups in total. The van der Waals surface area contributed by atoms with E-state index in [1.807, 2.05) is 32.9 Å². The molecular formula is C23H34O4. The Balaban J connectivity index is 2.29. The van der Waals surface area contributed by atoms with Crippen LogP contribution < -0.4 is 0 Å². The Bertz CT molecular complexity index is 599. The summed E-state index contributed by atoms with van der Waals surface area (Å²) in [7, 11) is 0. The molecule has 0 saturated heterocycles. The molecule has 0 saturated carbocycles. The monoisotopic (exact) mass is 374 g/mol. The molecule has 0 spiro atoms. The van der Waals surface area contributed by atoms with Crippen molar-refractivity contribution in [3.05, 3.63) is 41.5 Å². The van der Waals surface area contributed by atoms with Crippen molar-refractivity contribution in [2.45, 2.75) is 66.2 Å². The van der Waals surface area contributed by atoms with Crippen molar-refractivity contribution < 1.29 is 19.1 Å². The minimum atomic E-state index is -0.508. The van der Waals surface area contributed by atoms with Crippen LogP contribution in [0.3, 0.4) is 0 Å². The molecule has 27 heavy (non-hydrogen) atoms. The molecular weight excluding hydrogens is 340 g/mol. The van der Waals surface area contributed by atoms with E-state index in [-0.39, 0.29) is 19.2 Å². The predicted molar refractivity (Wildman–Crippen MR) is 109 cm³/mol. The van der Waals surface area contributed by atoms with E-state index in [0.29, 0.717) is 6.42 Å². The highest BCUT2D eigenvalue weighted by Gasteiger charge is 2.26. The Morgan fingerprint density at radius 3 is 2.26 bits per heavy atom. The van der Waals surface area contributed by atoms with Gasteiger partial charge < -0.3 is 9.47 Å². The molecule has 0 fully saturated rings. The summed E-state index contributed by atoms with van der Waals surface area (Å²) in [5, 5.41) is 0. The van der Waals surface area contributed by atoms with Crippen LogP contribution in [0.15, 0.2) is 30.3 Å². The summed E-state index contributed by atoms with van der Waals surface area (Å²) in [6.45, 7) is 7.96. The lowest BCUT2D eigenvalue weighted by Gasteiger charge is -2.20. The van der Waals surface area contributed by atoms with Crippen LogP contribution in [0.4, 0.5) is 0 Å². The lowest BCUT2D eigenvalue weighted by molar-refractivity contribution is -0.157. The summed E-state index contributed by atoms with van der Waals surface area (Å²) in [6, 6.07) is 8.22. The fourth-order valence-electron chi connectivity index (χ4n) is 2.38. The number of hydrogen-bond donors (Lipinski definition) is 0. The van der Waals surface area contributed by atoms with Gasteiger partial charge >= 0.3 is 11.9 Å². The average Bonchev–Trinajstić information content (AvgIpc) is 2.67. The first-order valence-electron chi connectivity index (χ1n) is 10.00. The highest BCUT2D eigenvalue weighted by molar-refractivity contribution is 5.87. The van der Waals surface area contributed by atoms with Crippen LogP contribution in [0.1, 0.15) is 70.9 Å². The summed E-state index contributed by atoms with van der Waals surface area (Å²) in [5.41, 5.74) is 1.77. The van der Waals surface area contributed by atoms with Crippen LogP contribution in [0, 0.1) is 5.41 Å². The Morgan fingerprint density at radius 1 is 0.963 bits per heavy atom. The van der Waals surface area contributed by atoms with Crippen LogP contribution in [0.2, 0.25) is 0 Å². The van der Waals surface area contributed by atoms with E-state index < -0.39 is 11.4 Å². The second-order valence-corrected chi connectivity index (χ2v) is 7.43. The molecule has 0 unspecified atom stereocenters. The quantitative estimate of drug-likeness (QED) is 0.281. The second-order valence-electron chi connectivity index (χ2n) is 7.43. The summed E-state index contributed by atoms with van der Waals surface area (Å²) < 4.78 is 10.2. The highest BCUT2D eigenvalue weighted by atomic mass is 16.6. The molecule has 4 nitrogen and oxygen atoms in total. The lowest BCUT2D eigenvalue weighted by atomic mass is 9.91. The van der Waals surface area contributed by atoms with Crippen molar-refractivity contribution in [1.29, 1.82) is 0 Å². The molecule has 4 heteroatoms. The average molecular weight is 375 g/mol. The summed E-state index contributed by atoms with van der Waals surface area (Å²) in [6.07, 6.45) is 9.96. The van der Waals surface area contributed by atoms with Gasteiger partial charge in [-0.2, -0.15) is 0 Å². The van der Waals surface area contributed by atoms with Crippen molar-refractivity contribution in [3.8, 4) is 0 Å². The van der Waals surface area contributed by atoms with Crippen molar-refractivity contribution in [2.24, 2.45) is 5.41 Å². The van der Waals surface area contributed by atoms with Gasteiger partial charge in [0.15, 0.2) is 0 Å². The number of carbonyl (C=O) groups excluding carboxylic acids is 2. The van der Waals surface area contributed by atoms with E-state index in [1.165, 1.54) is 37.3 Å². The second kappa shape index (κ2) is 12.3. The molecule has 0 amide bonds. The molecule has 0 aromatic heterocycles. The predicted octanol–water partition coefficient (Wildman–Crippen LogP) is 5.35. The van der Waals surface area contributed by atoms with Crippen molar-refractivity contribution in [1.82, 2.24) is 0 Å². The number of unbranched alkanes of at least 4 members (excludes halogenated alkanes) is 3. The Labute approximate surface area is 163 Å². The zero-order chi connectivity index (χ0) is 20.1. The third-order valence-electron chi connectivity index (χ3n) is 4.71. The first kappa shape index (κ1) is 22.9. The third kappa shape index (κ3) is 9.41. The maximum Gasteiger partial charge on any atom is 0.330 e. The van der Waals surface area contributed by atoms with Gasteiger partial charge in [-0.3, -0.25) is 4.79 Å². The summed E-state index contributed by atoms with van der Waals surface area (Å²) in [5.74, 6) is -0.712. The largest absolute Gasteiger partial charge is 0.462 e. The van der Waals surface area contributed by atoms with Gasteiger partial charge in [0.05, 0.1) is 5.41 Å². The summed E-state index contributed by atoms with van der Waals surface area (Å²) >= 11 is 0. The number of hydrogen-bond acceptors (Lipinski definition) is 4. The van der Waals surface area contributed by atoms with Gasteiger partial charge in [-0.15, -0.1) is 0 Å². The van der Waals surface area contributed by atoms with Crippen LogP contribution in [0.5, 0.6) is 0 Å². The maximum absolute atomic E-state index is 11.8. The van der Waals surface area contributed by atoms with Crippen LogP contribution in [-0.2, 0) is 25.5 Å². The van der Waals surface area contributed by atoms with E-state index in [2.05, 4.69) is 19.1 Å². The molecule has 1 aromatic carbocycles. The molecule has 0 aliphatic rings. The standard InChI is InChI=1S/C23H34O4/c1-5-7-8-9-10-19-11-13-20(14-12-19)15-16-21(24)26-17-18-27-22(25)23(3,4)6-2/h11-16H,5-10,17-18H2,1-4H3/b16-15+. The number of benzene rings is 1. The van der Waals surface area contributed by atoms with Crippen molar-refractivity contribution >= 4 is 18.0 Å². The molecule has 0 radical (unpaired) electrons. The van der Waals surface area contributed by atoms with Gasteiger partial charge in [-0.25, -0.2) is 4.79 Å². The SMILES string of the molecule is CCCCCCc1ccc(/C=C/C(=O)OCCOC(=O)C(C)(C)CC)cc1. The van der Waals surface area contributed by atoms with E-state index in [9.17, 15) is 9.59 Å². The number of rotatable bonds is 12. The first-order chi connectivity index (χ1) is 12.9. The fourth-order valence-corrected chi connectivity index (χ4v) is 2.38. The molecule has 0 atom stereocenters. The van der Waals surface area contributed by atoms with Crippen LogP contribution in [0.25, 0.3) is 6.08 Å². The topological polar surface area (TPSA) is 52.6 Å². The minimum absolute atomic E-state index is 0.0609. The minimum Gasteiger partial charge on any atom is -0.462 e. The molecule has 0 aliphatic carbocycles. The molecule has 150 valence electrons. The van der Waals surface area contributed by atoms with Crippen LogP contribution in [-0.4, -0.2) is 25.2 Å². The number of aryl methyl sites for hydroxylation is 1. The normalized spacial score (nSPS) is 11.6. The third-order valence-corrected chi connectivity index (χ3v) is 4.71. The van der Waals surface area contributed by atoms with E-state index in [0.717, 1.165) is 12.0 Å². The van der Waals surface area contributed by atoms with E-state index in [4.69, 9.17) is 9.47 Å². The van der Waals surface area contributed by atoms with Gasteiger partial charge in [-0.1, -0.05) is 57.4 Å². The lowest BCUT2D eigenvalue weighted by Crippen LogP contribution is -2.27. The van der Waals surface area contributed by atoms with Gasteiger partial charge in [0.25, 0.3) is 0 Å². The Hall–Kier alpha value is -2.10. The Morgan fingerprint density at radius 2 is 1.63 bits per heavy atom. The molecule has 1 aromatic rings. The van der Waals surface area contributed by atoms with E-state index >= 15 is 0 Å². The fraction of sp³-hybridized carbons (Fsp3) is 0.565. The zero-order valence-corrected chi connectivity index (χ0v) is 17.3. The maximum atomic E-state index is 11.8. The van der Waals surface area contributed by atoms with Gasteiger partial charge in [0.1, 0.15) is 13.2 Å². The first-order valence-corrected chi connectivity index (χ1v) is 10.00.